The van der Waals surface area contributed by atoms with Crippen LogP contribution in [0.4, 0.5) is 5.69 Å². The molecule has 0 saturated heterocycles. The Morgan fingerprint density at radius 2 is 2.00 bits per heavy atom. The van der Waals surface area contributed by atoms with Crippen LogP contribution in [0, 0.1) is 0 Å². The quantitative estimate of drug-likeness (QED) is 0.456. The first kappa shape index (κ1) is 14.3. The van der Waals surface area contributed by atoms with Crippen LogP contribution >= 0.6 is 0 Å². The number of nitrogen functional groups attached to an aromatic ring is 1. The molecule has 1 rings (SSSR count). The molecule has 0 spiro atoms. The van der Waals surface area contributed by atoms with Gasteiger partial charge in [-0.1, -0.05) is 6.07 Å². The van der Waals surface area contributed by atoms with Gasteiger partial charge in [0.2, 0.25) is 0 Å². The lowest BCUT2D eigenvalue weighted by Gasteiger charge is -2.12. The van der Waals surface area contributed by atoms with Crippen LogP contribution in [0.25, 0.3) is 0 Å². The average Bonchev–Trinajstić information content (AvgIpc) is 2.37. The third kappa shape index (κ3) is 3.92. The van der Waals surface area contributed by atoms with E-state index in [9.17, 15) is 4.79 Å². The molecule has 0 fully saturated rings. The van der Waals surface area contributed by atoms with E-state index in [-0.39, 0.29) is 6.61 Å². The number of para-hydroxylation sites is 1. The Morgan fingerprint density at radius 1 is 1.22 bits per heavy atom. The van der Waals surface area contributed by atoms with Crippen LogP contribution < -0.4 is 10.5 Å². The van der Waals surface area contributed by atoms with Gasteiger partial charge in [-0.3, -0.25) is 0 Å². The molecule has 0 aliphatic carbocycles. The number of rotatable bonds is 7. The van der Waals surface area contributed by atoms with Crippen LogP contribution in [0.15, 0.2) is 18.2 Å². The zero-order valence-corrected chi connectivity index (χ0v) is 10.8. The van der Waals surface area contributed by atoms with Gasteiger partial charge in [-0.2, -0.15) is 0 Å². The number of nitrogens with two attached hydrogens (primary N) is 1. The van der Waals surface area contributed by atoms with Crippen LogP contribution in [0.3, 0.4) is 0 Å². The standard InChI is InChI=1S/C13H19NO4/c1-3-16-8-9-18-13(15)10-6-5-7-11(14)12(10)17-4-2/h5-7H,3-4,8-9,14H2,1-2H3. The van der Waals surface area contributed by atoms with Gasteiger partial charge in [0.1, 0.15) is 12.2 Å². The summed E-state index contributed by atoms with van der Waals surface area (Å²) in [4.78, 5) is 11.8. The van der Waals surface area contributed by atoms with Gasteiger partial charge >= 0.3 is 5.97 Å². The molecule has 2 N–H and O–H groups in total. The zero-order valence-electron chi connectivity index (χ0n) is 10.8. The Labute approximate surface area is 107 Å². The molecule has 0 heterocycles. The summed E-state index contributed by atoms with van der Waals surface area (Å²) in [5.41, 5.74) is 6.53. The van der Waals surface area contributed by atoms with Crippen LogP contribution in [0.1, 0.15) is 24.2 Å². The van der Waals surface area contributed by atoms with E-state index in [2.05, 4.69) is 0 Å². The Morgan fingerprint density at radius 3 is 2.67 bits per heavy atom. The fourth-order valence-electron chi connectivity index (χ4n) is 1.44. The topological polar surface area (TPSA) is 70.8 Å². The lowest BCUT2D eigenvalue weighted by atomic mass is 10.2. The fraction of sp³-hybridized carbons (Fsp3) is 0.462. The highest BCUT2D eigenvalue weighted by Gasteiger charge is 2.15. The number of anilines is 1. The van der Waals surface area contributed by atoms with Gasteiger partial charge in [-0.25, -0.2) is 4.79 Å². The van der Waals surface area contributed by atoms with Crippen molar-refractivity contribution in [3.05, 3.63) is 23.8 Å². The first-order valence-corrected chi connectivity index (χ1v) is 5.96. The van der Waals surface area contributed by atoms with Crippen molar-refractivity contribution in [2.45, 2.75) is 13.8 Å². The summed E-state index contributed by atoms with van der Waals surface area (Å²) >= 11 is 0. The molecule has 0 aliphatic heterocycles. The van der Waals surface area contributed by atoms with Gasteiger partial charge in [0.25, 0.3) is 0 Å². The molecule has 5 heteroatoms. The van der Waals surface area contributed by atoms with E-state index in [0.717, 1.165) is 0 Å². The molecule has 0 bridgehead atoms. The number of carbonyl (C=O) groups is 1. The van der Waals surface area contributed by atoms with Crippen LogP contribution in [0.2, 0.25) is 0 Å². The number of benzene rings is 1. The van der Waals surface area contributed by atoms with E-state index in [1.807, 2.05) is 13.8 Å². The maximum Gasteiger partial charge on any atom is 0.342 e. The van der Waals surface area contributed by atoms with E-state index >= 15 is 0 Å². The van der Waals surface area contributed by atoms with Gasteiger partial charge in [0.15, 0.2) is 5.75 Å². The van der Waals surface area contributed by atoms with Crippen LogP contribution in [-0.2, 0) is 9.47 Å². The minimum absolute atomic E-state index is 0.215. The molecular formula is C13H19NO4. The van der Waals surface area contributed by atoms with E-state index in [0.29, 0.717) is 36.8 Å². The van der Waals surface area contributed by atoms with E-state index in [4.69, 9.17) is 19.9 Å². The Kier molecular flexibility index (Phi) is 6.00. The Hall–Kier alpha value is -1.75. The SMILES string of the molecule is CCOCCOC(=O)c1cccc(N)c1OCC. The second kappa shape index (κ2) is 7.55. The summed E-state index contributed by atoms with van der Waals surface area (Å²) in [6, 6.07) is 5.00. The van der Waals surface area contributed by atoms with Crippen molar-refractivity contribution in [3.63, 3.8) is 0 Å². The van der Waals surface area contributed by atoms with Gasteiger partial charge < -0.3 is 19.9 Å². The zero-order chi connectivity index (χ0) is 13.4. The van der Waals surface area contributed by atoms with Crippen LogP contribution in [-0.4, -0.2) is 32.4 Å². The van der Waals surface area contributed by atoms with Crippen molar-refractivity contribution in [2.75, 3.05) is 32.2 Å². The molecule has 0 atom stereocenters. The first-order chi connectivity index (χ1) is 8.70. The maximum absolute atomic E-state index is 11.8. The summed E-state index contributed by atoms with van der Waals surface area (Å²) in [6.07, 6.45) is 0. The Balaban J connectivity index is 2.69. The Bertz CT molecular complexity index is 393. The molecule has 1 aromatic rings. The molecule has 100 valence electrons. The number of hydrogen-bond donors (Lipinski definition) is 1. The van der Waals surface area contributed by atoms with Crippen molar-refractivity contribution in [1.82, 2.24) is 0 Å². The highest BCUT2D eigenvalue weighted by atomic mass is 16.6. The van der Waals surface area contributed by atoms with Crippen LogP contribution in [0.5, 0.6) is 5.75 Å². The maximum atomic E-state index is 11.8. The number of hydrogen-bond acceptors (Lipinski definition) is 5. The van der Waals surface area contributed by atoms with Crippen molar-refractivity contribution >= 4 is 11.7 Å². The minimum Gasteiger partial charge on any atom is -0.491 e. The van der Waals surface area contributed by atoms with E-state index in [1.54, 1.807) is 18.2 Å². The molecule has 0 unspecified atom stereocenters. The molecule has 5 nitrogen and oxygen atoms in total. The van der Waals surface area contributed by atoms with Gasteiger partial charge in [-0.05, 0) is 26.0 Å². The number of esters is 1. The predicted molar refractivity (Wildman–Crippen MR) is 68.8 cm³/mol. The molecule has 0 amide bonds. The normalized spacial score (nSPS) is 10.1. The minimum atomic E-state index is -0.453. The highest BCUT2D eigenvalue weighted by molar-refractivity contribution is 5.94. The summed E-state index contributed by atoms with van der Waals surface area (Å²) < 4.78 is 15.5. The molecule has 0 radical (unpaired) electrons. The second-order valence-corrected chi connectivity index (χ2v) is 3.49. The highest BCUT2D eigenvalue weighted by Crippen LogP contribution is 2.26. The lowest BCUT2D eigenvalue weighted by molar-refractivity contribution is 0.0332. The summed E-state index contributed by atoms with van der Waals surface area (Å²) in [7, 11) is 0. The molecular weight excluding hydrogens is 234 g/mol. The second-order valence-electron chi connectivity index (χ2n) is 3.49. The summed E-state index contributed by atoms with van der Waals surface area (Å²) in [5.74, 6) is -0.0770. The molecule has 0 aromatic heterocycles. The van der Waals surface area contributed by atoms with Crippen molar-refractivity contribution in [3.8, 4) is 5.75 Å². The fourth-order valence-corrected chi connectivity index (χ4v) is 1.44. The van der Waals surface area contributed by atoms with Crippen molar-refractivity contribution in [2.24, 2.45) is 0 Å². The average molecular weight is 253 g/mol. The molecule has 0 saturated carbocycles. The summed E-state index contributed by atoms with van der Waals surface area (Å²) in [5, 5.41) is 0. The number of ether oxygens (including phenoxy) is 3. The van der Waals surface area contributed by atoms with Gasteiger partial charge in [-0.15, -0.1) is 0 Å². The predicted octanol–water partition coefficient (Wildman–Crippen LogP) is 1.86. The summed E-state index contributed by atoms with van der Waals surface area (Å²) in [6.45, 7) is 5.35. The first-order valence-electron chi connectivity index (χ1n) is 5.96. The third-order valence-electron chi connectivity index (χ3n) is 2.22. The molecule has 18 heavy (non-hydrogen) atoms. The van der Waals surface area contributed by atoms with Crippen molar-refractivity contribution < 1.29 is 19.0 Å². The molecule has 1 aromatic carbocycles. The van der Waals surface area contributed by atoms with Gasteiger partial charge in [0, 0.05) is 6.61 Å². The smallest absolute Gasteiger partial charge is 0.342 e. The number of carbonyl (C=O) groups excluding carboxylic acids is 1. The third-order valence-corrected chi connectivity index (χ3v) is 2.22. The molecule has 0 aliphatic rings. The lowest BCUT2D eigenvalue weighted by Crippen LogP contribution is -2.13. The van der Waals surface area contributed by atoms with E-state index in [1.165, 1.54) is 0 Å². The monoisotopic (exact) mass is 253 g/mol. The largest absolute Gasteiger partial charge is 0.491 e. The van der Waals surface area contributed by atoms with E-state index < -0.39 is 5.97 Å². The van der Waals surface area contributed by atoms with Gasteiger partial charge in [0.05, 0.1) is 18.9 Å². The van der Waals surface area contributed by atoms with Crippen molar-refractivity contribution in [1.29, 1.82) is 0 Å².